The molecule has 0 saturated carbocycles. The van der Waals surface area contributed by atoms with Crippen molar-refractivity contribution < 1.29 is 24.6 Å². The Morgan fingerprint density at radius 2 is 1.95 bits per heavy atom. The fourth-order valence-corrected chi connectivity index (χ4v) is 2.31. The molecule has 0 aromatic rings. The van der Waals surface area contributed by atoms with Crippen LogP contribution in [0.15, 0.2) is 0 Å². The SMILES string of the molecule is CC(=O)NCCCCCC(=O)N1C[C@@H](O)C[C@H]1C(=O)O. The van der Waals surface area contributed by atoms with Crippen LogP contribution < -0.4 is 5.32 Å². The summed E-state index contributed by atoms with van der Waals surface area (Å²) in [6, 6.07) is -0.906. The minimum absolute atomic E-state index is 0.0727. The minimum Gasteiger partial charge on any atom is -0.480 e. The van der Waals surface area contributed by atoms with E-state index in [1.165, 1.54) is 11.8 Å². The molecule has 0 aromatic carbocycles. The van der Waals surface area contributed by atoms with Gasteiger partial charge in [0.15, 0.2) is 0 Å². The third kappa shape index (κ3) is 5.16. The molecular weight excluding hydrogens is 264 g/mol. The lowest BCUT2D eigenvalue weighted by molar-refractivity contribution is -0.148. The molecule has 1 aliphatic rings. The van der Waals surface area contributed by atoms with Crippen LogP contribution in [0.25, 0.3) is 0 Å². The molecule has 2 atom stereocenters. The summed E-state index contributed by atoms with van der Waals surface area (Å²) in [6.07, 6.45) is 1.86. The number of hydrogen-bond donors (Lipinski definition) is 3. The number of β-amino-alcohol motifs (C(OH)–C–C–N with tert-alkyl or cyclic N) is 1. The van der Waals surface area contributed by atoms with Crippen molar-refractivity contribution in [1.82, 2.24) is 10.2 Å². The van der Waals surface area contributed by atoms with Crippen molar-refractivity contribution in [2.24, 2.45) is 0 Å². The molecule has 0 unspecified atom stereocenters. The van der Waals surface area contributed by atoms with E-state index in [1.807, 2.05) is 0 Å². The zero-order valence-corrected chi connectivity index (χ0v) is 11.7. The smallest absolute Gasteiger partial charge is 0.326 e. The Kier molecular flexibility index (Phi) is 6.44. The predicted molar refractivity (Wildman–Crippen MR) is 70.9 cm³/mol. The van der Waals surface area contributed by atoms with E-state index in [0.717, 1.165) is 12.8 Å². The molecule has 0 aliphatic carbocycles. The molecule has 1 aliphatic heterocycles. The number of carboxylic acid groups (broad SMARTS) is 1. The van der Waals surface area contributed by atoms with Gasteiger partial charge in [-0.1, -0.05) is 6.42 Å². The number of aliphatic carboxylic acids is 1. The fourth-order valence-electron chi connectivity index (χ4n) is 2.31. The van der Waals surface area contributed by atoms with Gasteiger partial charge in [-0.2, -0.15) is 0 Å². The summed E-state index contributed by atoms with van der Waals surface area (Å²) in [5, 5.41) is 21.1. The molecule has 1 heterocycles. The molecule has 114 valence electrons. The van der Waals surface area contributed by atoms with Gasteiger partial charge in [0.2, 0.25) is 11.8 Å². The van der Waals surface area contributed by atoms with E-state index in [0.29, 0.717) is 13.0 Å². The standard InChI is InChI=1S/C13H22N2O5/c1-9(16)14-6-4-2-3-5-12(18)15-8-10(17)7-11(15)13(19)20/h10-11,17H,2-8H2,1H3,(H,14,16)(H,19,20)/t10-,11-/m0/s1. The fraction of sp³-hybridized carbons (Fsp3) is 0.769. The highest BCUT2D eigenvalue weighted by atomic mass is 16.4. The van der Waals surface area contributed by atoms with Gasteiger partial charge in [-0.15, -0.1) is 0 Å². The van der Waals surface area contributed by atoms with Gasteiger partial charge in [0.25, 0.3) is 0 Å². The van der Waals surface area contributed by atoms with Crippen LogP contribution in [-0.2, 0) is 14.4 Å². The van der Waals surface area contributed by atoms with E-state index in [4.69, 9.17) is 5.11 Å². The maximum atomic E-state index is 11.9. The highest BCUT2D eigenvalue weighted by Crippen LogP contribution is 2.19. The van der Waals surface area contributed by atoms with Crippen LogP contribution in [0.4, 0.5) is 0 Å². The lowest BCUT2D eigenvalue weighted by atomic mass is 10.1. The van der Waals surface area contributed by atoms with Gasteiger partial charge in [0.1, 0.15) is 6.04 Å². The number of carbonyl (C=O) groups excluding carboxylic acids is 2. The molecule has 1 saturated heterocycles. The Morgan fingerprint density at radius 1 is 1.25 bits per heavy atom. The number of nitrogens with one attached hydrogen (secondary N) is 1. The first-order chi connectivity index (χ1) is 9.41. The van der Waals surface area contributed by atoms with Gasteiger partial charge < -0.3 is 20.4 Å². The number of rotatable bonds is 7. The molecule has 0 bridgehead atoms. The van der Waals surface area contributed by atoms with Crippen molar-refractivity contribution in [3.8, 4) is 0 Å². The zero-order valence-electron chi connectivity index (χ0n) is 11.7. The first kappa shape index (κ1) is 16.4. The number of nitrogens with zero attached hydrogens (tertiary/aromatic N) is 1. The summed E-state index contributed by atoms with van der Waals surface area (Å²) in [6.45, 7) is 2.14. The minimum atomic E-state index is -1.07. The summed E-state index contributed by atoms with van der Waals surface area (Å²) < 4.78 is 0. The first-order valence-corrected chi connectivity index (χ1v) is 6.86. The van der Waals surface area contributed by atoms with E-state index >= 15 is 0 Å². The number of aliphatic hydroxyl groups is 1. The number of hydrogen-bond acceptors (Lipinski definition) is 4. The second-order valence-electron chi connectivity index (χ2n) is 5.08. The molecule has 1 rings (SSSR count). The Hall–Kier alpha value is -1.63. The van der Waals surface area contributed by atoms with E-state index in [1.54, 1.807) is 0 Å². The number of aliphatic hydroxyl groups excluding tert-OH is 1. The topological polar surface area (TPSA) is 107 Å². The van der Waals surface area contributed by atoms with Crippen molar-refractivity contribution >= 4 is 17.8 Å². The summed E-state index contributed by atoms with van der Waals surface area (Å²) in [4.78, 5) is 34.8. The molecule has 7 nitrogen and oxygen atoms in total. The molecule has 20 heavy (non-hydrogen) atoms. The normalized spacial score (nSPS) is 21.8. The zero-order chi connectivity index (χ0) is 15.1. The van der Waals surface area contributed by atoms with Gasteiger partial charge in [0, 0.05) is 32.9 Å². The van der Waals surface area contributed by atoms with Gasteiger partial charge >= 0.3 is 5.97 Å². The summed E-state index contributed by atoms with van der Waals surface area (Å²) in [5.41, 5.74) is 0. The van der Waals surface area contributed by atoms with Crippen molar-refractivity contribution in [1.29, 1.82) is 0 Å². The number of carboxylic acids is 1. The predicted octanol–water partition coefficient (Wildman–Crippen LogP) is -0.271. The van der Waals surface area contributed by atoms with Gasteiger partial charge in [0.05, 0.1) is 6.10 Å². The maximum absolute atomic E-state index is 11.9. The van der Waals surface area contributed by atoms with Crippen LogP contribution >= 0.6 is 0 Å². The molecular formula is C13H22N2O5. The monoisotopic (exact) mass is 286 g/mol. The summed E-state index contributed by atoms with van der Waals surface area (Å²) >= 11 is 0. The highest BCUT2D eigenvalue weighted by molar-refractivity contribution is 5.84. The quantitative estimate of drug-likeness (QED) is 0.558. The molecule has 0 aromatic heterocycles. The molecule has 0 spiro atoms. The lowest BCUT2D eigenvalue weighted by Gasteiger charge is -2.21. The second-order valence-corrected chi connectivity index (χ2v) is 5.08. The number of unbranched alkanes of at least 4 members (excludes halogenated alkanes) is 2. The molecule has 7 heteroatoms. The molecule has 0 radical (unpaired) electrons. The highest BCUT2D eigenvalue weighted by Gasteiger charge is 2.38. The van der Waals surface area contributed by atoms with Crippen molar-refractivity contribution in [3.63, 3.8) is 0 Å². The van der Waals surface area contributed by atoms with Crippen molar-refractivity contribution in [3.05, 3.63) is 0 Å². The number of amides is 2. The maximum Gasteiger partial charge on any atom is 0.326 e. The Morgan fingerprint density at radius 3 is 2.55 bits per heavy atom. The molecule has 3 N–H and O–H groups in total. The average Bonchev–Trinajstić information content (AvgIpc) is 2.75. The van der Waals surface area contributed by atoms with Crippen LogP contribution in [-0.4, -0.2) is 58.1 Å². The number of likely N-dealkylation sites (tertiary alicyclic amines) is 1. The van der Waals surface area contributed by atoms with Crippen LogP contribution in [0, 0.1) is 0 Å². The van der Waals surface area contributed by atoms with Crippen molar-refractivity contribution in [2.75, 3.05) is 13.1 Å². The van der Waals surface area contributed by atoms with Crippen LogP contribution in [0.3, 0.4) is 0 Å². The van der Waals surface area contributed by atoms with E-state index in [9.17, 15) is 19.5 Å². The van der Waals surface area contributed by atoms with E-state index in [2.05, 4.69) is 5.32 Å². The summed E-state index contributed by atoms with van der Waals surface area (Å²) in [7, 11) is 0. The first-order valence-electron chi connectivity index (χ1n) is 6.86. The third-order valence-corrected chi connectivity index (χ3v) is 3.33. The second kappa shape index (κ2) is 7.84. The third-order valence-electron chi connectivity index (χ3n) is 3.33. The molecule has 2 amide bonds. The van der Waals surface area contributed by atoms with Crippen molar-refractivity contribution in [2.45, 2.75) is 51.2 Å². The largest absolute Gasteiger partial charge is 0.480 e. The van der Waals surface area contributed by atoms with Crippen LogP contribution in [0.2, 0.25) is 0 Å². The Bertz CT molecular complexity index is 372. The summed E-state index contributed by atoms with van der Waals surface area (Å²) in [5.74, 6) is -1.37. The Balaban J connectivity index is 2.25. The number of carbonyl (C=O) groups is 3. The van der Waals surface area contributed by atoms with Crippen LogP contribution in [0.1, 0.15) is 39.0 Å². The molecule has 1 fully saturated rings. The van der Waals surface area contributed by atoms with E-state index < -0.39 is 18.1 Å². The van der Waals surface area contributed by atoms with Crippen LogP contribution in [0.5, 0.6) is 0 Å². The van der Waals surface area contributed by atoms with Gasteiger partial charge in [-0.05, 0) is 12.8 Å². The lowest BCUT2D eigenvalue weighted by Crippen LogP contribution is -2.40. The average molecular weight is 286 g/mol. The van der Waals surface area contributed by atoms with Gasteiger partial charge in [-0.25, -0.2) is 4.79 Å². The van der Waals surface area contributed by atoms with Gasteiger partial charge in [-0.3, -0.25) is 9.59 Å². The Labute approximate surface area is 117 Å². The van der Waals surface area contributed by atoms with E-state index in [-0.39, 0.29) is 31.2 Å².